The van der Waals surface area contributed by atoms with E-state index < -0.39 is 0 Å². The molecule has 88 valence electrons. The zero-order chi connectivity index (χ0) is 11.7. The van der Waals surface area contributed by atoms with Crippen LogP contribution in [0.15, 0.2) is 6.07 Å². The number of halogens is 2. The van der Waals surface area contributed by atoms with Crippen molar-refractivity contribution < 1.29 is 0 Å². The Balaban J connectivity index is 2.31. The third-order valence-corrected chi connectivity index (χ3v) is 4.69. The second-order valence-electron chi connectivity index (χ2n) is 3.85. The molecule has 0 amide bonds. The molecule has 2 unspecified atom stereocenters. The van der Waals surface area contributed by atoms with Crippen molar-refractivity contribution in [1.82, 2.24) is 10.2 Å². The normalized spacial score (nSPS) is 25.9. The molecule has 0 N–H and O–H groups in total. The first kappa shape index (κ1) is 12.3. The molecule has 2 rings (SSSR count). The number of anilines is 1. The van der Waals surface area contributed by atoms with Crippen LogP contribution in [0.25, 0.3) is 0 Å². The molecule has 0 spiro atoms. The van der Waals surface area contributed by atoms with Gasteiger partial charge in [0.05, 0.1) is 5.69 Å². The van der Waals surface area contributed by atoms with Crippen LogP contribution in [0.5, 0.6) is 0 Å². The first-order valence-electron chi connectivity index (χ1n) is 5.16. The number of hydrogen-bond donors (Lipinski definition) is 0. The predicted octanol–water partition coefficient (Wildman–Crippen LogP) is 3.11. The zero-order valence-electron chi connectivity index (χ0n) is 9.15. The lowest BCUT2D eigenvalue weighted by atomic mass is 10.2. The summed E-state index contributed by atoms with van der Waals surface area (Å²) in [5, 5.41) is 8.97. The van der Waals surface area contributed by atoms with E-state index in [1.807, 2.05) is 11.8 Å². The molecule has 3 nitrogen and oxygen atoms in total. The van der Waals surface area contributed by atoms with E-state index in [1.165, 1.54) is 0 Å². The van der Waals surface area contributed by atoms with Gasteiger partial charge in [-0.2, -0.15) is 11.8 Å². The molecule has 6 heteroatoms. The Bertz CT molecular complexity index is 388. The summed E-state index contributed by atoms with van der Waals surface area (Å²) in [5.41, 5.74) is 0.890. The predicted molar refractivity (Wildman–Crippen MR) is 70.8 cm³/mol. The van der Waals surface area contributed by atoms with Crippen molar-refractivity contribution in [2.45, 2.75) is 25.1 Å². The maximum absolute atomic E-state index is 6.06. The van der Waals surface area contributed by atoms with Gasteiger partial charge in [-0.05, 0) is 6.92 Å². The fourth-order valence-electron chi connectivity index (χ4n) is 1.82. The van der Waals surface area contributed by atoms with Crippen LogP contribution in [0.3, 0.4) is 0 Å². The van der Waals surface area contributed by atoms with Crippen LogP contribution in [-0.4, -0.2) is 33.8 Å². The van der Waals surface area contributed by atoms with E-state index in [0.717, 1.165) is 18.0 Å². The highest BCUT2D eigenvalue weighted by molar-refractivity contribution is 8.00. The SMILES string of the molecule is CC1SCCN(c2cc(Cl)nnc2Cl)C1C. The maximum Gasteiger partial charge on any atom is 0.175 e. The molecule has 1 saturated heterocycles. The minimum absolute atomic E-state index is 0.387. The molecule has 2 heterocycles. The summed E-state index contributed by atoms with van der Waals surface area (Å²) in [6, 6.07) is 2.22. The van der Waals surface area contributed by atoms with E-state index in [-0.39, 0.29) is 0 Å². The van der Waals surface area contributed by atoms with E-state index in [4.69, 9.17) is 23.2 Å². The van der Waals surface area contributed by atoms with E-state index in [0.29, 0.717) is 21.6 Å². The molecule has 2 atom stereocenters. The maximum atomic E-state index is 6.06. The lowest BCUT2D eigenvalue weighted by Gasteiger charge is -2.39. The van der Waals surface area contributed by atoms with Gasteiger partial charge in [-0.3, -0.25) is 0 Å². The Morgan fingerprint density at radius 3 is 2.88 bits per heavy atom. The average Bonchev–Trinajstić information content (AvgIpc) is 2.26. The van der Waals surface area contributed by atoms with Gasteiger partial charge in [0.2, 0.25) is 0 Å². The Morgan fingerprint density at radius 1 is 1.38 bits per heavy atom. The summed E-state index contributed by atoms with van der Waals surface area (Å²) in [6.45, 7) is 5.39. The van der Waals surface area contributed by atoms with Gasteiger partial charge < -0.3 is 4.90 Å². The van der Waals surface area contributed by atoms with Crippen LogP contribution >= 0.6 is 35.0 Å². The minimum Gasteiger partial charge on any atom is -0.364 e. The Kier molecular flexibility index (Phi) is 3.82. The Hall–Kier alpha value is -0.190. The molecule has 0 bridgehead atoms. The summed E-state index contributed by atoms with van der Waals surface area (Å²) in [4.78, 5) is 2.25. The standard InChI is InChI=1S/C10H13Cl2N3S/c1-6-7(2)16-4-3-15(6)8-5-9(11)13-14-10(8)12/h5-7H,3-4H2,1-2H3. The monoisotopic (exact) mass is 277 g/mol. The number of aromatic nitrogens is 2. The topological polar surface area (TPSA) is 29.0 Å². The molecule has 16 heavy (non-hydrogen) atoms. The van der Waals surface area contributed by atoms with Gasteiger partial charge in [0.1, 0.15) is 0 Å². The summed E-state index contributed by atoms with van der Waals surface area (Å²) in [5.74, 6) is 1.10. The van der Waals surface area contributed by atoms with Crippen LogP contribution in [0, 0.1) is 0 Å². The molecule has 0 radical (unpaired) electrons. The minimum atomic E-state index is 0.387. The van der Waals surface area contributed by atoms with E-state index in [9.17, 15) is 0 Å². The van der Waals surface area contributed by atoms with Crippen molar-refractivity contribution in [1.29, 1.82) is 0 Å². The van der Waals surface area contributed by atoms with Crippen molar-refractivity contribution in [2.24, 2.45) is 0 Å². The van der Waals surface area contributed by atoms with Crippen LogP contribution in [0.1, 0.15) is 13.8 Å². The van der Waals surface area contributed by atoms with Crippen LogP contribution in [0.4, 0.5) is 5.69 Å². The van der Waals surface area contributed by atoms with Crippen LogP contribution < -0.4 is 4.90 Å². The molecule has 1 fully saturated rings. The molecule has 1 aromatic rings. The van der Waals surface area contributed by atoms with Crippen molar-refractivity contribution >= 4 is 40.7 Å². The third-order valence-electron chi connectivity index (χ3n) is 2.89. The van der Waals surface area contributed by atoms with Crippen molar-refractivity contribution in [3.63, 3.8) is 0 Å². The number of nitrogens with zero attached hydrogens (tertiary/aromatic N) is 3. The molecular weight excluding hydrogens is 265 g/mol. The number of rotatable bonds is 1. The summed E-state index contributed by atoms with van der Waals surface area (Å²) < 4.78 is 0. The van der Waals surface area contributed by atoms with Crippen molar-refractivity contribution in [3.05, 3.63) is 16.4 Å². The van der Waals surface area contributed by atoms with E-state index in [2.05, 4.69) is 28.9 Å². The highest BCUT2D eigenvalue weighted by atomic mass is 35.5. The molecule has 1 aliphatic rings. The van der Waals surface area contributed by atoms with Crippen LogP contribution in [-0.2, 0) is 0 Å². The van der Waals surface area contributed by atoms with Crippen molar-refractivity contribution in [3.8, 4) is 0 Å². The summed E-state index contributed by atoms with van der Waals surface area (Å²) in [7, 11) is 0. The van der Waals surface area contributed by atoms with Gasteiger partial charge in [0, 0.05) is 29.7 Å². The summed E-state index contributed by atoms with van der Waals surface area (Å²) >= 11 is 13.9. The lowest BCUT2D eigenvalue weighted by Crippen LogP contribution is -2.45. The quantitative estimate of drug-likeness (QED) is 0.789. The molecule has 1 aliphatic heterocycles. The van der Waals surface area contributed by atoms with Crippen molar-refractivity contribution in [2.75, 3.05) is 17.2 Å². The first-order chi connectivity index (χ1) is 7.59. The van der Waals surface area contributed by atoms with Gasteiger partial charge >= 0.3 is 0 Å². The van der Waals surface area contributed by atoms with Gasteiger partial charge in [-0.1, -0.05) is 30.1 Å². The number of thioether (sulfide) groups is 1. The molecular formula is C10H13Cl2N3S. The molecule has 1 aromatic heterocycles. The van der Waals surface area contributed by atoms with E-state index >= 15 is 0 Å². The van der Waals surface area contributed by atoms with Crippen LogP contribution in [0.2, 0.25) is 10.3 Å². The van der Waals surface area contributed by atoms with Gasteiger partial charge in [0.15, 0.2) is 10.3 Å². The summed E-state index contributed by atoms with van der Waals surface area (Å²) in [6.07, 6.45) is 0. The van der Waals surface area contributed by atoms with Gasteiger partial charge in [0.25, 0.3) is 0 Å². The number of hydrogen-bond acceptors (Lipinski definition) is 4. The van der Waals surface area contributed by atoms with E-state index in [1.54, 1.807) is 6.07 Å². The highest BCUT2D eigenvalue weighted by Crippen LogP contribution is 2.33. The largest absolute Gasteiger partial charge is 0.364 e. The fourth-order valence-corrected chi connectivity index (χ4v) is 3.26. The highest BCUT2D eigenvalue weighted by Gasteiger charge is 2.27. The zero-order valence-corrected chi connectivity index (χ0v) is 11.5. The average molecular weight is 278 g/mol. The second kappa shape index (κ2) is 4.98. The molecule has 0 aromatic carbocycles. The second-order valence-corrected chi connectivity index (χ2v) is 6.08. The van der Waals surface area contributed by atoms with Gasteiger partial charge in [-0.15, -0.1) is 10.2 Å². The van der Waals surface area contributed by atoms with Gasteiger partial charge in [-0.25, -0.2) is 0 Å². The third kappa shape index (κ3) is 2.39. The molecule has 0 aliphatic carbocycles. The Morgan fingerprint density at radius 2 is 2.12 bits per heavy atom. The molecule has 0 saturated carbocycles. The lowest BCUT2D eigenvalue weighted by molar-refractivity contribution is 0.625. The fraction of sp³-hybridized carbons (Fsp3) is 0.600. The Labute approximate surface area is 110 Å². The smallest absolute Gasteiger partial charge is 0.175 e. The first-order valence-corrected chi connectivity index (χ1v) is 6.97.